The highest BCUT2D eigenvalue weighted by Crippen LogP contribution is 2.40. The van der Waals surface area contributed by atoms with Crippen molar-refractivity contribution in [1.82, 2.24) is 20.8 Å². The van der Waals surface area contributed by atoms with Crippen LogP contribution in [-0.4, -0.2) is 61.5 Å². The lowest BCUT2D eigenvalue weighted by Crippen LogP contribution is -2.57. The van der Waals surface area contributed by atoms with Gasteiger partial charge < -0.3 is 15.0 Å². The second kappa shape index (κ2) is 11.1. The van der Waals surface area contributed by atoms with Gasteiger partial charge in [0, 0.05) is 60.6 Å². The van der Waals surface area contributed by atoms with Crippen LogP contribution >= 0.6 is 0 Å². The lowest BCUT2D eigenvalue weighted by molar-refractivity contribution is -0.00896. The van der Waals surface area contributed by atoms with Gasteiger partial charge in [-0.15, -0.1) is 0 Å². The lowest BCUT2D eigenvalue weighted by Gasteiger charge is -2.43. The van der Waals surface area contributed by atoms with Crippen LogP contribution in [0.2, 0.25) is 0 Å². The van der Waals surface area contributed by atoms with Crippen molar-refractivity contribution in [3.8, 4) is 22.3 Å². The van der Waals surface area contributed by atoms with Crippen molar-refractivity contribution >= 4 is 28.4 Å². The molecule has 0 spiro atoms. The maximum absolute atomic E-state index is 14.4. The number of urea groups is 1. The number of pyridine rings is 2. The summed E-state index contributed by atoms with van der Waals surface area (Å²) >= 11 is 0. The van der Waals surface area contributed by atoms with Gasteiger partial charge in [-0.1, -0.05) is 6.07 Å². The number of hydrogen-bond donors (Lipinski definition) is 3. The Kier molecular flexibility index (Phi) is 7.25. The number of carbonyl (C=O) groups is 1. The minimum Gasteiger partial charge on any atom is -0.373 e. The minimum atomic E-state index is -0.659. The quantitative estimate of drug-likeness (QED) is 0.317. The Labute approximate surface area is 229 Å². The Morgan fingerprint density at radius 1 is 1.10 bits per heavy atom. The number of ether oxygens (including phenoxy) is 1. The summed E-state index contributed by atoms with van der Waals surface area (Å²) in [5.74, 6) is -0.973. The van der Waals surface area contributed by atoms with Gasteiger partial charge in [0.25, 0.3) is 0 Å². The summed E-state index contributed by atoms with van der Waals surface area (Å²) < 4.78 is 34.8. The van der Waals surface area contributed by atoms with Crippen molar-refractivity contribution in [1.29, 1.82) is 0 Å². The third-order valence-corrected chi connectivity index (χ3v) is 7.27. The number of nitrogens with one attached hydrogen (secondary N) is 3. The van der Waals surface area contributed by atoms with E-state index in [1.165, 1.54) is 19.2 Å². The second-order valence-electron chi connectivity index (χ2n) is 9.77. The maximum atomic E-state index is 14.4. The summed E-state index contributed by atoms with van der Waals surface area (Å²) in [6, 6.07) is 12.6. The largest absolute Gasteiger partial charge is 0.373 e. The van der Waals surface area contributed by atoms with Gasteiger partial charge >= 0.3 is 6.03 Å². The molecule has 0 bridgehead atoms. The Morgan fingerprint density at radius 3 is 2.77 bits per heavy atom. The van der Waals surface area contributed by atoms with Gasteiger partial charge in [0.1, 0.15) is 17.5 Å². The van der Waals surface area contributed by atoms with E-state index in [-0.39, 0.29) is 12.1 Å². The maximum Gasteiger partial charge on any atom is 0.344 e. The minimum absolute atomic E-state index is 0.0144. The molecule has 206 valence electrons. The number of amides is 2. The molecule has 2 amide bonds. The van der Waals surface area contributed by atoms with Crippen molar-refractivity contribution in [2.45, 2.75) is 18.6 Å². The van der Waals surface area contributed by atoms with Crippen LogP contribution in [0.1, 0.15) is 6.42 Å². The van der Waals surface area contributed by atoms with Gasteiger partial charge in [0.2, 0.25) is 0 Å². The molecule has 40 heavy (non-hydrogen) atoms. The SMILES string of the molecule is CONC(=O)Nc1ncccc1-c1ccc2ncc(-c3cc(F)cc(F)c3)c(N3CCC4NCCO[C@@H]4C3)c2c1. The topological polar surface area (TPSA) is 101 Å². The van der Waals surface area contributed by atoms with Crippen LogP contribution < -0.4 is 21.0 Å². The van der Waals surface area contributed by atoms with Gasteiger partial charge in [-0.3, -0.25) is 15.1 Å². The fraction of sp³-hybridized carbons (Fsp3) is 0.276. The zero-order chi connectivity index (χ0) is 27.6. The molecule has 3 N–H and O–H groups in total. The first-order valence-electron chi connectivity index (χ1n) is 13.0. The molecule has 0 aliphatic carbocycles. The van der Waals surface area contributed by atoms with Crippen molar-refractivity contribution in [3.05, 3.63) is 72.6 Å². The molecule has 4 aromatic rings. The summed E-state index contributed by atoms with van der Waals surface area (Å²) in [5.41, 5.74) is 6.25. The van der Waals surface area contributed by atoms with Crippen LogP contribution in [-0.2, 0) is 9.57 Å². The lowest BCUT2D eigenvalue weighted by atomic mass is 9.94. The fourth-order valence-electron chi connectivity index (χ4n) is 5.55. The zero-order valence-electron chi connectivity index (χ0n) is 21.8. The molecular weight excluding hydrogens is 518 g/mol. The highest BCUT2D eigenvalue weighted by atomic mass is 19.1. The first-order chi connectivity index (χ1) is 19.5. The van der Waals surface area contributed by atoms with E-state index in [9.17, 15) is 13.6 Å². The average molecular weight is 547 g/mol. The van der Waals surface area contributed by atoms with E-state index in [2.05, 4.69) is 31.0 Å². The van der Waals surface area contributed by atoms with Crippen molar-refractivity contribution in [3.63, 3.8) is 0 Å². The van der Waals surface area contributed by atoms with E-state index in [1.807, 2.05) is 24.3 Å². The van der Waals surface area contributed by atoms with Crippen molar-refractivity contribution in [2.24, 2.45) is 0 Å². The van der Waals surface area contributed by atoms with Crippen LogP contribution in [0.25, 0.3) is 33.2 Å². The molecule has 0 saturated carbocycles. The normalized spacial score (nSPS) is 18.8. The van der Waals surface area contributed by atoms with Crippen LogP contribution in [0.3, 0.4) is 0 Å². The number of anilines is 2. The molecule has 2 aromatic heterocycles. The standard InChI is InChI=1S/C29H28F2N6O3/c1-39-36-29(38)35-28-21(3-2-7-33-28)17-4-5-24-22(13-17)27(37-9-6-25-26(16-37)40-10-8-32-25)23(15-34-24)18-11-19(30)14-20(31)12-18/h2-5,7,11-15,25-26,32H,6,8-10,16H2,1H3,(H2,33,35,36,38)/t25?,26-/m1/s1. The number of hydroxylamine groups is 1. The molecule has 9 nitrogen and oxygen atoms in total. The monoisotopic (exact) mass is 546 g/mol. The summed E-state index contributed by atoms with van der Waals surface area (Å²) in [6.07, 6.45) is 4.10. The number of halogens is 2. The van der Waals surface area contributed by atoms with Crippen LogP contribution in [0.5, 0.6) is 0 Å². The second-order valence-corrected chi connectivity index (χ2v) is 9.77. The predicted molar refractivity (Wildman–Crippen MR) is 148 cm³/mol. The Balaban J connectivity index is 1.50. The molecule has 6 rings (SSSR count). The van der Waals surface area contributed by atoms with Gasteiger partial charge in [0.15, 0.2) is 0 Å². The molecule has 4 heterocycles. The number of morpholine rings is 1. The Hall–Kier alpha value is -4.19. The first kappa shape index (κ1) is 26.1. The van der Waals surface area contributed by atoms with Crippen LogP contribution in [0.15, 0.2) is 60.9 Å². The van der Waals surface area contributed by atoms with E-state index >= 15 is 0 Å². The van der Waals surface area contributed by atoms with Crippen LogP contribution in [0, 0.1) is 11.6 Å². The molecule has 2 aliphatic rings. The number of benzene rings is 2. The molecule has 2 atom stereocenters. The number of nitrogens with zero attached hydrogens (tertiary/aromatic N) is 3. The van der Waals surface area contributed by atoms with Gasteiger partial charge in [0.05, 0.1) is 31.0 Å². The number of fused-ring (bicyclic) bond motifs is 2. The molecule has 2 fully saturated rings. The molecule has 2 aliphatic heterocycles. The Morgan fingerprint density at radius 2 is 1.95 bits per heavy atom. The van der Waals surface area contributed by atoms with Crippen molar-refractivity contribution < 1.29 is 23.1 Å². The molecule has 1 unspecified atom stereocenters. The van der Waals surface area contributed by atoms with Gasteiger partial charge in [-0.25, -0.2) is 24.0 Å². The van der Waals surface area contributed by atoms with Gasteiger partial charge in [-0.2, -0.15) is 0 Å². The smallest absolute Gasteiger partial charge is 0.344 e. The number of piperidine rings is 1. The Bertz CT molecular complexity index is 1550. The summed E-state index contributed by atoms with van der Waals surface area (Å²) in [5, 5.41) is 7.04. The zero-order valence-corrected chi connectivity index (χ0v) is 21.8. The average Bonchev–Trinajstić information content (AvgIpc) is 2.96. The fourth-order valence-corrected chi connectivity index (χ4v) is 5.55. The summed E-state index contributed by atoms with van der Waals surface area (Å²) in [4.78, 5) is 28.1. The predicted octanol–water partition coefficient (Wildman–Crippen LogP) is 4.49. The third kappa shape index (κ3) is 5.18. The first-order valence-corrected chi connectivity index (χ1v) is 13.0. The molecule has 2 saturated heterocycles. The third-order valence-electron chi connectivity index (χ3n) is 7.27. The number of aromatic nitrogens is 2. The number of hydrogen-bond acceptors (Lipinski definition) is 7. The highest BCUT2D eigenvalue weighted by molar-refractivity contribution is 6.02. The van der Waals surface area contributed by atoms with E-state index < -0.39 is 17.7 Å². The molecular formula is C29H28F2N6O3. The van der Waals surface area contributed by atoms with E-state index in [1.54, 1.807) is 18.5 Å². The van der Waals surface area contributed by atoms with Crippen LogP contribution in [0.4, 0.5) is 25.1 Å². The van der Waals surface area contributed by atoms with E-state index in [4.69, 9.17) is 9.57 Å². The van der Waals surface area contributed by atoms with Crippen molar-refractivity contribution in [2.75, 3.05) is 43.6 Å². The molecule has 0 radical (unpaired) electrons. The van der Waals surface area contributed by atoms with Gasteiger partial charge in [-0.05, 0) is 53.9 Å². The summed E-state index contributed by atoms with van der Waals surface area (Å²) in [7, 11) is 1.34. The number of rotatable bonds is 5. The number of carbonyl (C=O) groups excluding carboxylic acids is 1. The molecule has 2 aromatic carbocycles. The van der Waals surface area contributed by atoms with E-state index in [0.29, 0.717) is 35.7 Å². The highest BCUT2D eigenvalue weighted by Gasteiger charge is 2.33. The summed E-state index contributed by atoms with van der Waals surface area (Å²) in [6.45, 7) is 2.79. The van der Waals surface area contributed by atoms with E-state index in [0.717, 1.165) is 47.7 Å². The molecule has 11 heteroatoms.